The molecule has 0 aliphatic heterocycles. The van der Waals surface area contributed by atoms with Gasteiger partial charge in [-0.25, -0.2) is 0 Å². The van der Waals surface area contributed by atoms with E-state index in [0.717, 1.165) is 12.1 Å². The van der Waals surface area contributed by atoms with E-state index in [2.05, 4.69) is 12.8 Å². The molecule has 11 heavy (non-hydrogen) atoms. The standard InChI is InChI=1S/C10H13N/c1-3-8-5-6-10(11)7-9(8)4-2/h1,5-9H,4,11H2,2H3. The lowest BCUT2D eigenvalue weighted by atomic mass is 9.86. The molecular weight excluding hydrogens is 134 g/mol. The fourth-order valence-electron chi connectivity index (χ4n) is 1.31. The maximum atomic E-state index is 5.62. The molecule has 0 aromatic heterocycles. The number of terminal acetylenes is 1. The Morgan fingerprint density at radius 3 is 3.00 bits per heavy atom. The molecule has 2 N–H and O–H groups in total. The Bertz CT molecular complexity index is 230. The monoisotopic (exact) mass is 147 g/mol. The van der Waals surface area contributed by atoms with Gasteiger partial charge < -0.3 is 5.73 Å². The third-order valence-corrected chi connectivity index (χ3v) is 2.03. The van der Waals surface area contributed by atoms with Gasteiger partial charge in [0.25, 0.3) is 0 Å². The lowest BCUT2D eigenvalue weighted by Gasteiger charge is -2.18. The Morgan fingerprint density at radius 1 is 1.73 bits per heavy atom. The number of nitrogens with two attached hydrogens (primary N) is 1. The minimum absolute atomic E-state index is 0.243. The molecule has 0 aromatic carbocycles. The van der Waals surface area contributed by atoms with Gasteiger partial charge in [0.05, 0.1) is 0 Å². The summed E-state index contributed by atoms with van der Waals surface area (Å²) in [5.41, 5.74) is 6.46. The van der Waals surface area contributed by atoms with Crippen LogP contribution in [0.5, 0.6) is 0 Å². The quantitative estimate of drug-likeness (QED) is 0.561. The fraction of sp³-hybridized carbons (Fsp3) is 0.400. The minimum Gasteiger partial charge on any atom is -0.399 e. The van der Waals surface area contributed by atoms with Crippen molar-refractivity contribution >= 4 is 0 Å². The molecule has 1 nitrogen and oxygen atoms in total. The molecule has 1 aliphatic carbocycles. The van der Waals surface area contributed by atoms with E-state index in [1.54, 1.807) is 0 Å². The second-order valence-electron chi connectivity index (χ2n) is 2.79. The Labute approximate surface area is 68.0 Å². The summed E-state index contributed by atoms with van der Waals surface area (Å²) in [6, 6.07) is 0. The average Bonchev–Trinajstić information content (AvgIpc) is 2.04. The Hall–Kier alpha value is -1.16. The zero-order valence-corrected chi connectivity index (χ0v) is 6.75. The summed E-state index contributed by atoms with van der Waals surface area (Å²) in [7, 11) is 0. The maximum Gasteiger partial charge on any atom is 0.0447 e. The van der Waals surface area contributed by atoms with E-state index in [9.17, 15) is 0 Å². The van der Waals surface area contributed by atoms with Crippen LogP contribution in [0.15, 0.2) is 23.9 Å². The molecular formula is C10H13N. The molecule has 0 radical (unpaired) electrons. The highest BCUT2D eigenvalue weighted by atomic mass is 14.6. The van der Waals surface area contributed by atoms with E-state index >= 15 is 0 Å². The number of rotatable bonds is 1. The molecule has 2 atom stereocenters. The zero-order valence-electron chi connectivity index (χ0n) is 6.75. The van der Waals surface area contributed by atoms with Crippen LogP contribution in [0, 0.1) is 24.2 Å². The fourth-order valence-corrected chi connectivity index (χ4v) is 1.31. The van der Waals surface area contributed by atoms with Crippen molar-refractivity contribution in [3.8, 4) is 12.3 Å². The van der Waals surface area contributed by atoms with Gasteiger partial charge in [0.2, 0.25) is 0 Å². The normalized spacial score (nSPS) is 29.3. The van der Waals surface area contributed by atoms with Gasteiger partial charge in [-0.2, -0.15) is 0 Å². The summed E-state index contributed by atoms with van der Waals surface area (Å²) < 4.78 is 0. The molecule has 0 fully saturated rings. The van der Waals surface area contributed by atoms with E-state index in [1.807, 2.05) is 18.2 Å². The van der Waals surface area contributed by atoms with Crippen LogP contribution in [0.4, 0.5) is 0 Å². The van der Waals surface area contributed by atoms with Crippen LogP contribution in [-0.2, 0) is 0 Å². The molecule has 58 valence electrons. The van der Waals surface area contributed by atoms with Crippen molar-refractivity contribution in [3.63, 3.8) is 0 Å². The molecule has 0 amide bonds. The SMILES string of the molecule is C#CC1C=CC(N)=CC1CC. The van der Waals surface area contributed by atoms with Gasteiger partial charge in [-0.1, -0.05) is 25.0 Å². The zero-order chi connectivity index (χ0) is 8.27. The van der Waals surface area contributed by atoms with Gasteiger partial charge in [-0.05, 0) is 18.4 Å². The minimum atomic E-state index is 0.243. The Balaban J connectivity index is 2.76. The van der Waals surface area contributed by atoms with Gasteiger partial charge in [0.1, 0.15) is 0 Å². The van der Waals surface area contributed by atoms with Gasteiger partial charge in [-0.15, -0.1) is 6.42 Å². The summed E-state index contributed by atoms with van der Waals surface area (Å²) in [4.78, 5) is 0. The van der Waals surface area contributed by atoms with Gasteiger partial charge in [0, 0.05) is 11.6 Å². The molecule has 1 rings (SSSR count). The number of hydrogen-bond acceptors (Lipinski definition) is 1. The molecule has 1 heteroatoms. The predicted octanol–water partition coefficient (Wildman–Crippen LogP) is 1.67. The number of hydrogen-bond donors (Lipinski definition) is 1. The summed E-state index contributed by atoms with van der Waals surface area (Å²) in [5.74, 6) is 3.42. The van der Waals surface area contributed by atoms with Gasteiger partial charge in [0.15, 0.2) is 0 Å². The first-order chi connectivity index (χ1) is 5.27. The second-order valence-corrected chi connectivity index (χ2v) is 2.79. The van der Waals surface area contributed by atoms with Crippen molar-refractivity contribution in [2.75, 3.05) is 0 Å². The molecule has 2 unspecified atom stereocenters. The molecule has 0 aromatic rings. The lowest BCUT2D eigenvalue weighted by Crippen LogP contribution is -2.13. The summed E-state index contributed by atoms with van der Waals surface area (Å²) in [5, 5.41) is 0. The highest BCUT2D eigenvalue weighted by molar-refractivity contribution is 5.26. The lowest BCUT2D eigenvalue weighted by molar-refractivity contribution is 0.543. The Kier molecular flexibility index (Phi) is 2.38. The van der Waals surface area contributed by atoms with E-state index in [0.29, 0.717) is 5.92 Å². The molecule has 1 aliphatic rings. The van der Waals surface area contributed by atoms with Crippen LogP contribution >= 0.6 is 0 Å². The molecule has 0 spiro atoms. The predicted molar refractivity (Wildman–Crippen MR) is 47.5 cm³/mol. The highest BCUT2D eigenvalue weighted by Crippen LogP contribution is 2.23. The van der Waals surface area contributed by atoms with Crippen LogP contribution in [0.25, 0.3) is 0 Å². The summed E-state index contributed by atoms with van der Waals surface area (Å²) >= 11 is 0. The van der Waals surface area contributed by atoms with Crippen molar-refractivity contribution in [2.24, 2.45) is 17.6 Å². The van der Waals surface area contributed by atoms with E-state index < -0.39 is 0 Å². The third-order valence-electron chi connectivity index (χ3n) is 2.03. The van der Waals surface area contributed by atoms with Crippen molar-refractivity contribution in [3.05, 3.63) is 23.9 Å². The van der Waals surface area contributed by atoms with Crippen LogP contribution in [0.1, 0.15) is 13.3 Å². The van der Waals surface area contributed by atoms with Crippen LogP contribution in [-0.4, -0.2) is 0 Å². The first-order valence-corrected chi connectivity index (χ1v) is 3.89. The topological polar surface area (TPSA) is 26.0 Å². The van der Waals surface area contributed by atoms with E-state index in [-0.39, 0.29) is 5.92 Å². The molecule has 0 heterocycles. The first kappa shape index (κ1) is 7.94. The first-order valence-electron chi connectivity index (χ1n) is 3.89. The van der Waals surface area contributed by atoms with Gasteiger partial charge >= 0.3 is 0 Å². The van der Waals surface area contributed by atoms with Crippen LogP contribution < -0.4 is 5.73 Å². The van der Waals surface area contributed by atoms with Gasteiger partial charge in [-0.3, -0.25) is 0 Å². The highest BCUT2D eigenvalue weighted by Gasteiger charge is 2.15. The van der Waals surface area contributed by atoms with E-state index in [4.69, 9.17) is 12.2 Å². The smallest absolute Gasteiger partial charge is 0.0447 e. The molecule has 0 saturated heterocycles. The average molecular weight is 147 g/mol. The van der Waals surface area contributed by atoms with Crippen molar-refractivity contribution in [2.45, 2.75) is 13.3 Å². The number of allylic oxidation sites excluding steroid dienone is 3. The van der Waals surface area contributed by atoms with Crippen LogP contribution in [0.3, 0.4) is 0 Å². The molecule has 0 saturated carbocycles. The van der Waals surface area contributed by atoms with Crippen LogP contribution in [0.2, 0.25) is 0 Å². The molecule has 0 bridgehead atoms. The largest absolute Gasteiger partial charge is 0.399 e. The Morgan fingerprint density at radius 2 is 2.45 bits per heavy atom. The summed E-state index contributed by atoms with van der Waals surface area (Å²) in [6.07, 6.45) is 12.3. The van der Waals surface area contributed by atoms with Crippen molar-refractivity contribution < 1.29 is 0 Å². The summed E-state index contributed by atoms with van der Waals surface area (Å²) in [6.45, 7) is 2.12. The van der Waals surface area contributed by atoms with E-state index in [1.165, 1.54) is 0 Å². The third kappa shape index (κ3) is 1.65. The van der Waals surface area contributed by atoms with Crippen molar-refractivity contribution in [1.29, 1.82) is 0 Å². The maximum absolute atomic E-state index is 5.62. The second kappa shape index (κ2) is 3.30. The van der Waals surface area contributed by atoms with Crippen molar-refractivity contribution in [1.82, 2.24) is 0 Å².